The van der Waals surface area contributed by atoms with Gasteiger partial charge in [-0.1, -0.05) is 49.4 Å². The summed E-state index contributed by atoms with van der Waals surface area (Å²) in [5.41, 5.74) is 5.34. The monoisotopic (exact) mass is 433 g/mol. The van der Waals surface area contributed by atoms with Crippen LogP contribution in [0.3, 0.4) is 0 Å². The van der Waals surface area contributed by atoms with E-state index in [0.29, 0.717) is 13.0 Å². The molecule has 0 spiro atoms. The van der Waals surface area contributed by atoms with E-state index in [1.54, 1.807) is 0 Å². The van der Waals surface area contributed by atoms with Crippen molar-refractivity contribution in [3.8, 4) is 0 Å². The first-order chi connectivity index (χ1) is 15.7. The maximum atomic E-state index is 11.9. The molecule has 0 aromatic heterocycles. The number of carbonyl (C=O) groups excluding carboxylic acids is 1. The SMILES string of the molecule is CCNC(=NCc1ccc(CN2CCc3ccccc32)cc1)NC1CCN(C(=O)CC)C1. The average Bonchev–Trinajstić information content (AvgIpc) is 3.45. The molecule has 2 aromatic rings. The van der Waals surface area contributed by atoms with E-state index in [1.807, 2.05) is 11.8 Å². The minimum Gasteiger partial charge on any atom is -0.367 e. The first-order valence-electron chi connectivity index (χ1n) is 11.9. The van der Waals surface area contributed by atoms with Gasteiger partial charge in [-0.2, -0.15) is 0 Å². The van der Waals surface area contributed by atoms with Gasteiger partial charge >= 0.3 is 0 Å². The van der Waals surface area contributed by atoms with E-state index < -0.39 is 0 Å². The van der Waals surface area contributed by atoms with Crippen molar-refractivity contribution >= 4 is 17.6 Å². The number of fused-ring (bicyclic) bond motifs is 1. The Kier molecular flexibility index (Phi) is 7.30. The second-order valence-corrected chi connectivity index (χ2v) is 8.64. The molecule has 1 atom stereocenters. The van der Waals surface area contributed by atoms with Gasteiger partial charge in [0.1, 0.15) is 0 Å². The van der Waals surface area contributed by atoms with Gasteiger partial charge in [-0.05, 0) is 42.5 Å². The molecular formula is C26H35N5O. The maximum absolute atomic E-state index is 11.9. The van der Waals surface area contributed by atoms with Crippen LogP contribution in [0.15, 0.2) is 53.5 Å². The van der Waals surface area contributed by atoms with E-state index in [1.165, 1.54) is 22.4 Å². The van der Waals surface area contributed by atoms with Gasteiger partial charge < -0.3 is 20.4 Å². The molecule has 4 rings (SSSR count). The number of hydrogen-bond acceptors (Lipinski definition) is 3. The number of likely N-dealkylation sites (tertiary alicyclic amines) is 1. The second-order valence-electron chi connectivity index (χ2n) is 8.64. The number of carbonyl (C=O) groups is 1. The molecule has 1 saturated heterocycles. The van der Waals surface area contributed by atoms with Gasteiger partial charge in [0, 0.05) is 50.9 Å². The topological polar surface area (TPSA) is 60.0 Å². The molecule has 6 heteroatoms. The summed E-state index contributed by atoms with van der Waals surface area (Å²) in [7, 11) is 0. The van der Waals surface area contributed by atoms with Gasteiger partial charge in [-0.25, -0.2) is 4.99 Å². The van der Waals surface area contributed by atoms with Crippen LogP contribution in [-0.4, -0.2) is 49.0 Å². The number of guanidine groups is 1. The van der Waals surface area contributed by atoms with E-state index in [2.05, 4.69) is 71.0 Å². The lowest BCUT2D eigenvalue weighted by molar-refractivity contribution is -0.129. The molecule has 2 N–H and O–H groups in total. The molecule has 0 radical (unpaired) electrons. The summed E-state index contributed by atoms with van der Waals surface area (Å²) >= 11 is 0. The van der Waals surface area contributed by atoms with E-state index >= 15 is 0 Å². The number of hydrogen-bond donors (Lipinski definition) is 2. The lowest BCUT2D eigenvalue weighted by atomic mass is 10.1. The number of aliphatic imine (C=N–C) groups is 1. The highest BCUT2D eigenvalue weighted by atomic mass is 16.2. The quantitative estimate of drug-likeness (QED) is 0.520. The first-order valence-corrected chi connectivity index (χ1v) is 11.9. The summed E-state index contributed by atoms with van der Waals surface area (Å²) in [5, 5.41) is 6.84. The third-order valence-corrected chi connectivity index (χ3v) is 6.33. The number of nitrogens with one attached hydrogen (secondary N) is 2. The summed E-state index contributed by atoms with van der Waals surface area (Å²) in [5.74, 6) is 1.05. The molecule has 1 amide bonds. The minimum atomic E-state index is 0.230. The van der Waals surface area contributed by atoms with E-state index in [-0.39, 0.29) is 11.9 Å². The molecule has 2 aliphatic heterocycles. The molecule has 0 saturated carbocycles. The number of amides is 1. The smallest absolute Gasteiger partial charge is 0.222 e. The summed E-state index contributed by atoms with van der Waals surface area (Å²) in [6.07, 6.45) is 2.67. The fourth-order valence-electron chi connectivity index (χ4n) is 4.55. The van der Waals surface area contributed by atoms with Crippen molar-refractivity contribution < 1.29 is 4.79 Å². The Labute approximate surface area is 191 Å². The van der Waals surface area contributed by atoms with Crippen LogP contribution < -0.4 is 15.5 Å². The Bertz CT molecular complexity index is 939. The number of nitrogens with zero attached hydrogens (tertiary/aromatic N) is 3. The maximum Gasteiger partial charge on any atom is 0.222 e. The van der Waals surface area contributed by atoms with Crippen molar-refractivity contribution in [3.05, 3.63) is 65.2 Å². The van der Waals surface area contributed by atoms with Crippen molar-refractivity contribution in [1.29, 1.82) is 0 Å². The minimum absolute atomic E-state index is 0.230. The van der Waals surface area contributed by atoms with Crippen LogP contribution in [0, 0.1) is 0 Å². The van der Waals surface area contributed by atoms with Gasteiger partial charge in [-0.3, -0.25) is 4.79 Å². The lowest BCUT2D eigenvalue weighted by Gasteiger charge is -2.19. The molecular weight excluding hydrogens is 398 g/mol. The molecule has 0 bridgehead atoms. The highest BCUT2D eigenvalue weighted by molar-refractivity contribution is 5.80. The highest BCUT2D eigenvalue weighted by Gasteiger charge is 2.25. The van der Waals surface area contributed by atoms with Gasteiger partial charge in [0.25, 0.3) is 0 Å². The van der Waals surface area contributed by atoms with Gasteiger partial charge in [-0.15, -0.1) is 0 Å². The van der Waals surface area contributed by atoms with Gasteiger partial charge in [0.15, 0.2) is 5.96 Å². The van der Waals surface area contributed by atoms with Crippen LogP contribution in [0.25, 0.3) is 0 Å². The summed E-state index contributed by atoms with van der Waals surface area (Å²) < 4.78 is 0. The summed E-state index contributed by atoms with van der Waals surface area (Å²) in [6.45, 7) is 9.05. The van der Waals surface area contributed by atoms with Crippen LogP contribution >= 0.6 is 0 Å². The van der Waals surface area contributed by atoms with E-state index in [9.17, 15) is 4.79 Å². The molecule has 1 fully saturated rings. The third kappa shape index (κ3) is 5.42. The zero-order valence-corrected chi connectivity index (χ0v) is 19.3. The number of anilines is 1. The van der Waals surface area contributed by atoms with Crippen LogP contribution in [0.2, 0.25) is 0 Å². The zero-order valence-electron chi connectivity index (χ0n) is 19.3. The fourth-order valence-corrected chi connectivity index (χ4v) is 4.55. The molecule has 2 heterocycles. The highest BCUT2D eigenvalue weighted by Crippen LogP contribution is 2.28. The molecule has 1 unspecified atom stereocenters. The standard InChI is InChI=1S/C26H35N5O/c1-3-25(32)31-16-14-23(19-31)29-26(27-4-2)28-17-20-9-11-21(12-10-20)18-30-15-13-22-7-5-6-8-24(22)30/h5-12,23H,3-4,13-19H2,1-2H3,(H2,27,28,29). The predicted molar refractivity (Wildman–Crippen MR) is 131 cm³/mol. The van der Waals surface area contributed by atoms with Crippen molar-refractivity contribution in [2.75, 3.05) is 31.1 Å². The van der Waals surface area contributed by atoms with Crippen LogP contribution in [0.1, 0.15) is 43.4 Å². The van der Waals surface area contributed by atoms with Crippen LogP contribution in [0.4, 0.5) is 5.69 Å². The van der Waals surface area contributed by atoms with E-state index in [4.69, 9.17) is 4.99 Å². The van der Waals surface area contributed by atoms with Crippen LogP contribution in [0.5, 0.6) is 0 Å². The zero-order chi connectivity index (χ0) is 22.3. The van der Waals surface area contributed by atoms with E-state index in [0.717, 1.165) is 51.5 Å². The molecule has 170 valence electrons. The normalized spacial score (nSPS) is 18.1. The Morgan fingerprint density at radius 1 is 1.06 bits per heavy atom. The van der Waals surface area contributed by atoms with Crippen molar-refractivity contribution in [1.82, 2.24) is 15.5 Å². The number of para-hydroxylation sites is 1. The Balaban J connectivity index is 1.32. The number of benzene rings is 2. The third-order valence-electron chi connectivity index (χ3n) is 6.33. The largest absolute Gasteiger partial charge is 0.367 e. The summed E-state index contributed by atoms with van der Waals surface area (Å²) in [6, 6.07) is 17.8. The van der Waals surface area contributed by atoms with Gasteiger partial charge in [0.05, 0.1) is 6.54 Å². The first kappa shape index (κ1) is 22.2. The molecule has 0 aliphatic carbocycles. The Hall–Kier alpha value is -3.02. The fraction of sp³-hybridized carbons (Fsp3) is 0.462. The molecule has 2 aromatic carbocycles. The Morgan fingerprint density at radius 2 is 1.84 bits per heavy atom. The molecule has 2 aliphatic rings. The van der Waals surface area contributed by atoms with Gasteiger partial charge in [0.2, 0.25) is 5.91 Å². The molecule has 6 nitrogen and oxygen atoms in total. The summed E-state index contributed by atoms with van der Waals surface area (Å²) in [4.78, 5) is 21.1. The number of rotatable bonds is 7. The van der Waals surface area contributed by atoms with Crippen molar-refractivity contribution in [2.24, 2.45) is 4.99 Å². The predicted octanol–water partition coefficient (Wildman–Crippen LogP) is 3.32. The van der Waals surface area contributed by atoms with Crippen LogP contribution in [-0.2, 0) is 24.3 Å². The van der Waals surface area contributed by atoms with Crippen molar-refractivity contribution in [3.63, 3.8) is 0 Å². The lowest BCUT2D eigenvalue weighted by Crippen LogP contribution is -2.45. The molecule has 32 heavy (non-hydrogen) atoms. The Morgan fingerprint density at radius 3 is 2.62 bits per heavy atom. The average molecular weight is 434 g/mol. The van der Waals surface area contributed by atoms with Crippen molar-refractivity contribution in [2.45, 2.75) is 52.2 Å². The second kappa shape index (κ2) is 10.5.